The second kappa shape index (κ2) is 6.02. The molecule has 2 heterocycles. The van der Waals surface area contributed by atoms with E-state index in [4.69, 9.17) is 4.74 Å². The van der Waals surface area contributed by atoms with E-state index in [1.807, 2.05) is 0 Å². The Kier molecular flexibility index (Phi) is 3.94. The van der Waals surface area contributed by atoms with Crippen molar-refractivity contribution in [2.75, 3.05) is 31.6 Å². The number of pyridine rings is 1. The third-order valence-corrected chi connectivity index (χ3v) is 3.53. The number of nitrogens with one attached hydrogen (secondary N) is 2. The summed E-state index contributed by atoms with van der Waals surface area (Å²) in [5.41, 5.74) is 0.938. The average molecular weight is 288 g/mol. The summed E-state index contributed by atoms with van der Waals surface area (Å²) in [4.78, 5) is 14.8. The van der Waals surface area contributed by atoms with Gasteiger partial charge in [-0.25, -0.2) is 0 Å². The molecule has 0 saturated carbocycles. The Morgan fingerprint density at radius 1 is 1.43 bits per heavy atom. The van der Waals surface area contributed by atoms with Crippen molar-refractivity contribution < 1.29 is 9.66 Å². The van der Waals surface area contributed by atoms with Gasteiger partial charge >= 0.3 is 0 Å². The quantitative estimate of drug-likeness (QED) is 0.655. The van der Waals surface area contributed by atoms with Gasteiger partial charge in [-0.15, -0.1) is 0 Å². The van der Waals surface area contributed by atoms with Gasteiger partial charge in [-0.05, 0) is 12.1 Å². The van der Waals surface area contributed by atoms with Gasteiger partial charge in [0.05, 0.1) is 23.5 Å². The predicted molar refractivity (Wildman–Crippen MR) is 79.5 cm³/mol. The van der Waals surface area contributed by atoms with Crippen molar-refractivity contribution >= 4 is 22.1 Å². The molecule has 2 aromatic rings. The van der Waals surface area contributed by atoms with Crippen LogP contribution in [0.4, 0.5) is 11.4 Å². The van der Waals surface area contributed by atoms with E-state index in [1.54, 1.807) is 24.5 Å². The zero-order valence-electron chi connectivity index (χ0n) is 11.4. The number of nitrogens with zero attached hydrogens (tertiary/aromatic N) is 2. The van der Waals surface area contributed by atoms with E-state index in [0.717, 1.165) is 24.2 Å². The highest BCUT2D eigenvalue weighted by atomic mass is 16.6. The molecule has 7 nitrogen and oxygen atoms in total. The van der Waals surface area contributed by atoms with E-state index in [0.29, 0.717) is 18.5 Å². The van der Waals surface area contributed by atoms with Gasteiger partial charge in [-0.1, -0.05) is 0 Å². The van der Waals surface area contributed by atoms with E-state index in [-0.39, 0.29) is 16.7 Å². The largest absolute Gasteiger partial charge is 0.383 e. The molecule has 2 N–H and O–H groups in total. The summed E-state index contributed by atoms with van der Waals surface area (Å²) in [7, 11) is 0. The van der Waals surface area contributed by atoms with Gasteiger partial charge in [0.2, 0.25) is 0 Å². The maximum absolute atomic E-state index is 11.1. The first-order valence-electron chi connectivity index (χ1n) is 6.82. The van der Waals surface area contributed by atoms with Crippen molar-refractivity contribution in [1.82, 2.24) is 10.3 Å². The molecular weight excluding hydrogens is 272 g/mol. The number of rotatable bonds is 4. The van der Waals surface area contributed by atoms with Gasteiger partial charge in [0.1, 0.15) is 0 Å². The minimum Gasteiger partial charge on any atom is -0.383 e. The molecule has 1 aromatic carbocycles. The SMILES string of the molecule is O=[N+]([O-])c1ccc(NCC2COCCN2)c2cnccc12. The van der Waals surface area contributed by atoms with Crippen LogP contribution in [0.25, 0.3) is 10.8 Å². The van der Waals surface area contributed by atoms with E-state index in [2.05, 4.69) is 15.6 Å². The van der Waals surface area contributed by atoms with E-state index >= 15 is 0 Å². The van der Waals surface area contributed by atoms with Crippen LogP contribution >= 0.6 is 0 Å². The molecule has 0 aliphatic carbocycles. The van der Waals surface area contributed by atoms with Crippen molar-refractivity contribution in [3.63, 3.8) is 0 Å². The highest BCUT2D eigenvalue weighted by Gasteiger charge is 2.16. The van der Waals surface area contributed by atoms with Gasteiger partial charge in [-0.2, -0.15) is 0 Å². The summed E-state index contributed by atoms with van der Waals surface area (Å²) in [5.74, 6) is 0. The van der Waals surface area contributed by atoms with Crippen LogP contribution < -0.4 is 10.6 Å². The highest BCUT2D eigenvalue weighted by molar-refractivity contribution is 5.99. The summed E-state index contributed by atoms with van der Waals surface area (Å²) in [6, 6.07) is 5.16. The van der Waals surface area contributed by atoms with Crippen LogP contribution in [-0.4, -0.2) is 42.3 Å². The molecule has 110 valence electrons. The molecule has 21 heavy (non-hydrogen) atoms. The number of nitro benzene ring substituents is 1. The van der Waals surface area contributed by atoms with Crippen LogP contribution in [0.1, 0.15) is 0 Å². The molecule has 1 aromatic heterocycles. The Labute approximate surface area is 121 Å². The first kappa shape index (κ1) is 13.7. The van der Waals surface area contributed by atoms with E-state index < -0.39 is 0 Å². The summed E-state index contributed by atoms with van der Waals surface area (Å²) in [6.07, 6.45) is 3.21. The van der Waals surface area contributed by atoms with Gasteiger partial charge in [0, 0.05) is 48.7 Å². The zero-order chi connectivity index (χ0) is 14.7. The second-order valence-electron chi connectivity index (χ2n) is 4.92. The first-order chi connectivity index (χ1) is 10.3. The van der Waals surface area contributed by atoms with E-state index in [1.165, 1.54) is 6.07 Å². The van der Waals surface area contributed by atoms with Crippen molar-refractivity contribution in [2.45, 2.75) is 6.04 Å². The van der Waals surface area contributed by atoms with Gasteiger partial charge < -0.3 is 15.4 Å². The molecule has 1 aliphatic rings. The fourth-order valence-electron chi connectivity index (χ4n) is 2.47. The molecule has 1 aliphatic heterocycles. The zero-order valence-corrected chi connectivity index (χ0v) is 11.4. The molecule has 1 fully saturated rings. The number of benzene rings is 1. The number of non-ortho nitro benzene ring substituents is 1. The highest BCUT2D eigenvalue weighted by Crippen LogP contribution is 2.30. The molecule has 1 atom stereocenters. The number of fused-ring (bicyclic) bond motifs is 1. The van der Waals surface area contributed by atoms with Crippen LogP contribution in [-0.2, 0) is 4.74 Å². The minimum atomic E-state index is -0.372. The molecule has 3 rings (SSSR count). The Hall–Kier alpha value is -2.25. The monoisotopic (exact) mass is 288 g/mol. The molecule has 1 saturated heterocycles. The normalized spacial score (nSPS) is 18.6. The molecule has 0 bridgehead atoms. The number of ether oxygens (including phenoxy) is 1. The summed E-state index contributed by atoms with van der Waals surface area (Å²) < 4.78 is 5.40. The standard InChI is InChI=1S/C14H16N4O3/c19-18(20)14-2-1-13(12-8-15-4-3-11(12)14)17-7-10-9-21-6-5-16-10/h1-4,8,10,16-17H,5-7,9H2. The van der Waals surface area contributed by atoms with Gasteiger partial charge in [-0.3, -0.25) is 15.1 Å². The van der Waals surface area contributed by atoms with Crippen LogP contribution in [0.3, 0.4) is 0 Å². The average Bonchev–Trinajstić information content (AvgIpc) is 2.53. The number of aromatic nitrogens is 1. The maximum atomic E-state index is 11.1. The smallest absolute Gasteiger partial charge is 0.277 e. The van der Waals surface area contributed by atoms with E-state index in [9.17, 15) is 10.1 Å². The molecule has 7 heteroatoms. The number of hydrogen-bond acceptors (Lipinski definition) is 6. The third kappa shape index (κ3) is 2.93. The maximum Gasteiger partial charge on any atom is 0.277 e. The second-order valence-corrected chi connectivity index (χ2v) is 4.92. The predicted octanol–water partition coefficient (Wildman–Crippen LogP) is 1.54. The van der Waals surface area contributed by atoms with Crippen molar-refractivity contribution in [1.29, 1.82) is 0 Å². The van der Waals surface area contributed by atoms with Crippen LogP contribution in [0.15, 0.2) is 30.6 Å². The van der Waals surface area contributed by atoms with Crippen molar-refractivity contribution in [3.8, 4) is 0 Å². The summed E-state index contributed by atoms with van der Waals surface area (Å²) >= 11 is 0. The topological polar surface area (TPSA) is 89.3 Å². The molecule has 1 unspecified atom stereocenters. The van der Waals surface area contributed by atoms with Crippen molar-refractivity contribution in [3.05, 3.63) is 40.7 Å². The summed E-state index contributed by atoms with van der Waals surface area (Å²) in [6.45, 7) is 2.94. The number of hydrogen-bond donors (Lipinski definition) is 2. The van der Waals surface area contributed by atoms with Crippen LogP contribution in [0.2, 0.25) is 0 Å². The minimum absolute atomic E-state index is 0.0945. The lowest BCUT2D eigenvalue weighted by molar-refractivity contribution is -0.383. The lowest BCUT2D eigenvalue weighted by Crippen LogP contribution is -2.45. The molecular formula is C14H16N4O3. The molecule has 0 amide bonds. The number of morpholine rings is 1. The Bertz CT molecular complexity index is 656. The fraction of sp³-hybridized carbons (Fsp3) is 0.357. The Morgan fingerprint density at radius 2 is 2.33 bits per heavy atom. The van der Waals surface area contributed by atoms with Gasteiger partial charge in [0.15, 0.2) is 0 Å². The Morgan fingerprint density at radius 3 is 3.10 bits per heavy atom. The molecule has 0 spiro atoms. The van der Waals surface area contributed by atoms with Gasteiger partial charge in [0.25, 0.3) is 5.69 Å². The third-order valence-electron chi connectivity index (χ3n) is 3.53. The molecule has 0 radical (unpaired) electrons. The first-order valence-corrected chi connectivity index (χ1v) is 6.82. The Balaban J connectivity index is 1.85. The summed E-state index contributed by atoms with van der Waals surface area (Å²) in [5, 5.41) is 19.1. The fourth-order valence-corrected chi connectivity index (χ4v) is 2.47. The number of anilines is 1. The lowest BCUT2D eigenvalue weighted by atomic mass is 10.1. The van der Waals surface area contributed by atoms with Crippen LogP contribution in [0, 0.1) is 10.1 Å². The van der Waals surface area contributed by atoms with Crippen LogP contribution in [0.5, 0.6) is 0 Å². The number of nitro groups is 1. The lowest BCUT2D eigenvalue weighted by Gasteiger charge is -2.24. The van der Waals surface area contributed by atoms with Crippen molar-refractivity contribution in [2.24, 2.45) is 0 Å².